The van der Waals surface area contributed by atoms with E-state index in [0.29, 0.717) is 0 Å². The molecule has 2 amide bonds. The minimum Gasteiger partial charge on any atom is -0.472 e. The van der Waals surface area contributed by atoms with E-state index in [9.17, 15) is 4.79 Å². The van der Waals surface area contributed by atoms with Crippen LogP contribution >= 0.6 is 0 Å². The van der Waals surface area contributed by atoms with Gasteiger partial charge >= 0.3 is 6.03 Å². The summed E-state index contributed by atoms with van der Waals surface area (Å²) in [6.07, 6.45) is 4.08. The lowest BCUT2D eigenvalue weighted by Gasteiger charge is -2.14. The SMILES string of the molecule is Cc1ccc(NC(=O)N[C@@H](C)Cc2ccoc2)cc1C. The fraction of sp³-hybridized carbons (Fsp3) is 0.312. The van der Waals surface area contributed by atoms with E-state index in [1.54, 1.807) is 12.5 Å². The molecule has 0 fully saturated rings. The highest BCUT2D eigenvalue weighted by atomic mass is 16.3. The Bertz CT molecular complexity index is 576. The summed E-state index contributed by atoms with van der Waals surface area (Å²) in [5.41, 5.74) is 4.25. The first-order valence-corrected chi connectivity index (χ1v) is 6.70. The fourth-order valence-electron chi connectivity index (χ4n) is 2.02. The molecule has 4 heteroatoms. The smallest absolute Gasteiger partial charge is 0.319 e. The number of nitrogens with one attached hydrogen (secondary N) is 2. The zero-order valence-electron chi connectivity index (χ0n) is 12.1. The van der Waals surface area contributed by atoms with Gasteiger partial charge in [-0.15, -0.1) is 0 Å². The Morgan fingerprint density at radius 1 is 1.25 bits per heavy atom. The highest BCUT2D eigenvalue weighted by molar-refractivity contribution is 5.89. The topological polar surface area (TPSA) is 54.3 Å². The summed E-state index contributed by atoms with van der Waals surface area (Å²) in [6.45, 7) is 6.04. The molecule has 0 aliphatic rings. The van der Waals surface area contributed by atoms with Crippen LogP contribution in [0.1, 0.15) is 23.6 Å². The summed E-state index contributed by atoms with van der Waals surface area (Å²) in [5.74, 6) is 0. The average Bonchev–Trinajstić information content (AvgIpc) is 2.86. The lowest BCUT2D eigenvalue weighted by molar-refractivity contribution is 0.249. The van der Waals surface area contributed by atoms with Crippen LogP contribution in [0.25, 0.3) is 0 Å². The van der Waals surface area contributed by atoms with Crippen LogP contribution in [0, 0.1) is 13.8 Å². The molecule has 0 aliphatic carbocycles. The quantitative estimate of drug-likeness (QED) is 0.892. The van der Waals surface area contributed by atoms with E-state index in [2.05, 4.69) is 10.6 Å². The van der Waals surface area contributed by atoms with Crippen LogP contribution in [0.3, 0.4) is 0 Å². The van der Waals surface area contributed by atoms with E-state index in [4.69, 9.17) is 4.42 Å². The molecule has 106 valence electrons. The van der Waals surface area contributed by atoms with Crippen LogP contribution in [0.2, 0.25) is 0 Å². The number of hydrogen-bond acceptors (Lipinski definition) is 2. The summed E-state index contributed by atoms with van der Waals surface area (Å²) in [5, 5.41) is 5.76. The Hall–Kier alpha value is -2.23. The number of hydrogen-bond donors (Lipinski definition) is 2. The maximum Gasteiger partial charge on any atom is 0.319 e. The molecular weight excluding hydrogens is 252 g/mol. The Balaban J connectivity index is 1.87. The Kier molecular flexibility index (Phi) is 4.45. The molecule has 2 N–H and O–H groups in total. The molecule has 1 aromatic heterocycles. The van der Waals surface area contributed by atoms with E-state index in [-0.39, 0.29) is 12.1 Å². The van der Waals surface area contributed by atoms with Gasteiger partial charge in [-0.3, -0.25) is 0 Å². The maximum absolute atomic E-state index is 11.9. The molecule has 1 atom stereocenters. The molecule has 0 radical (unpaired) electrons. The van der Waals surface area contributed by atoms with Gasteiger partial charge in [0.25, 0.3) is 0 Å². The second kappa shape index (κ2) is 6.28. The van der Waals surface area contributed by atoms with Crippen molar-refractivity contribution in [3.05, 3.63) is 53.5 Å². The van der Waals surface area contributed by atoms with Crippen molar-refractivity contribution in [1.82, 2.24) is 5.32 Å². The predicted molar refractivity (Wildman–Crippen MR) is 79.9 cm³/mol. The second-order valence-electron chi connectivity index (χ2n) is 5.13. The van der Waals surface area contributed by atoms with Crippen LogP contribution in [-0.4, -0.2) is 12.1 Å². The maximum atomic E-state index is 11.9. The molecule has 20 heavy (non-hydrogen) atoms. The molecule has 0 saturated carbocycles. The van der Waals surface area contributed by atoms with Crippen molar-refractivity contribution in [3.63, 3.8) is 0 Å². The van der Waals surface area contributed by atoms with E-state index < -0.39 is 0 Å². The molecule has 0 spiro atoms. The number of amides is 2. The highest BCUT2D eigenvalue weighted by Gasteiger charge is 2.09. The van der Waals surface area contributed by atoms with Crippen molar-refractivity contribution >= 4 is 11.7 Å². The third-order valence-corrected chi connectivity index (χ3v) is 3.26. The third kappa shape index (κ3) is 3.88. The highest BCUT2D eigenvalue weighted by Crippen LogP contribution is 2.14. The zero-order chi connectivity index (χ0) is 14.5. The first-order chi connectivity index (χ1) is 9.54. The summed E-state index contributed by atoms with van der Waals surface area (Å²) >= 11 is 0. The molecule has 0 bridgehead atoms. The minimum atomic E-state index is -0.191. The van der Waals surface area contributed by atoms with Crippen molar-refractivity contribution in [2.45, 2.75) is 33.2 Å². The largest absolute Gasteiger partial charge is 0.472 e. The normalized spacial score (nSPS) is 11.9. The van der Waals surface area contributed by atoms with Gasteiger partial charge in [0.2, 0.25) is 0 Å². The number of anilines is 1. The molecule has 2 aromatic rings. The van der Waals surface area contributed by atoms with Crippen LogP contribution in [0.4, 0.5) is 10.5 Å². The van der Waals surface area contributed by atoms with Gasteiger partial charge in [-0.05, 0) is 62.1 Å². The van der Waals surface area contributed by atoms with Crippen molar-refractivity contribution in [2.24, 2.45) is 0 Å². The number of carbonyl (C=O) groups is 1. The van der Waals surface area contributed by atoms with Gasteiger partial charge in [0, 0.05) is 11.7 Å². The molecule has 0 unspecified atom stereocenters. The average molecular weight is 272 g/mol. The van der Waals surface area contributed by atoms with E-state index in [1.807, 2.05) is 45.0 Å². The standard InChI is InChI=1S/C16H20N2O2/c1-11-4-5-15(8-12(11)2)18-16(19)17-13(3)9-14-6-7-20-10-14/h4-8,10,13H,9H2,1-3H3,(H2,17,18,19)/t13-/m0/s1. The number of furan rings is 1. The van der Waals surface area contributed by atoms with Gasteiger partial charge in [-0.2, -0.15) is 0 Å². The second-order valence-corrected chi connectivity index (χ2v) is 5.13. The third-order valence-electron chi connectivity index (χ3n) is 3.26. The first kappa shape index (κ1) is 14.2. The summed E-state index contributed by atoms with van der Waals surface area (Å²) in [6, 6.07) is 7.63. The molecule has 1 aromatic carbocycles. The Morgan fingerprint density at radius 2 is 2.05 bits per heavy atom. The number of urea groups is 1. The predicted octanol–water partition coefficient (Wildman–Crippen LogP) is 3.65. The van der Waals surface area contributed by atoms with Crippen molar-refractivity contribution in [1.29, 1.82) is 0 Å². The van der Waals surface area contributed by atoms with Gasteiger partial charge in [-0.25, -0.2) is 4.79 Å². The van der Waals surface area contributed by atoms with Crippen molar-refractivity contribution in [2.75, 3.05) is 5.32 Å². The van der Waals surface area contributed by atoms with Crippen molar-refractivity contribution < 1.29 is 9.21 Å². The Morgan fingerprint density at radius 3 is 2.70 bits per heavy atom. The number of rotatable bonds is 4. The Labute approximate surface area is 119 Å². The lowest BCUT2D eigenvalue weighted by Crippen LogP contribution is -2.37. The molecule has 1 heterocycles. The number of benzene rings is 1. The van der Waals surface area contributed by atoms with Gasteiger partial charge in [-0.1, -0.05) is 6.07 Å². The molecule has 0 saturated heterocycles. The van der Waals surface area contributed by atoms with E-state index in [1.165, 1.54) is 5.56 Å². The van der Waals surface area contributed by atoms with Crippen LogP contribution in [0.15, 0.2) is 41.2 Å². The van der Waals surface area contributed by atoms with Crippen LogP contribution in [0.5, 0.6) is 0 Å². The van der Waals surface area contributed by atoms with Gasteiger partial charge in [0.05, 0.1) is 12.5 Å². The van der Waals surface area contributed by atoms with E-state index in [0.717, 1.165) is 23.2 Å². The first-order valence-electron chi connectivity index (χ1n) is 6.70. The molecule has 0 aliphatic heterocycles. The molecular formula is C16H20N2O2. The summed E-state index contributed by atoms with van der Waals surface area (Å²) < 4.78 is 5.01. The van der Waals surface area contributed by atoms with Crippen LogP contribution < -0.4 is 10.6 Å². The lowest BCUT2D eigenvalue weighted by atomic mass is 10.1. The number of aryl methyl sites for hydroxylation is 2. The van der Waals surface area contributed by atoms with Gasteiger partial charge in [0.15, 0.2) is 0 Å². The zero-order valence-corrected chi connectivity index (χ0v) is 12.1. The monoisotopic (exact) mass is 272 g/mol. The summed E-state index contributed by atoms with van der Waals surface area (Å²) in [7, 11) is 0. The minimum absolute atomic E-state index is 0.0409. The van der Waals surface area contributed by atoms with Gasteiger partial charge in [0.1, 0.15) is 0 Å². The molecule has 4 nitrogen and oxygen atoms in total. The van der Waals surface area contributed by atoms with Crippen molar-refractivity contribution in [3.8, 4) is 0 Å². The van der Waals surface area contributed by atoms with Crippen LogP contribution in [-0.2, 0) is 6.42 Å². The fourth-order valence-corrected chi connectivity index (χ4v) is 2.02. The van der Waals surface area contributed by atoms with Gasteiger partial charge < -0.3 is 15.1 Å². The number of carbonyl (C=O) groups excluding carboxylic acids is 1. The molecule has 2 rings (SSSR count). The summed E-state index contributed by atoms with van der Waals surface area (Å²) in [4.78, 5) is 11.9. The van der Waals surface area contributed by atoms with E-state index >= 15 is 0 Å².